The van der Waals surface area contributed by atoms with Crippen LogP contribution < -0.4 is 0 Å². The minimum absolute atomic E-state index is 0.215. The Balaban J connectivity index is 3.06. The number of rotatable bonds is 10. The monoisotopic (exact) mass is 218 g/mol. The molecule has 0 unspecified atom stereocenters. The van der Waals surface area contributed by atoms with Gasteiger partial charge in [-0.2, -0.15) is 0 Å². The minimum atomic E-state index is -0.438. The van der Waals surface area contributed by atoms with Crippen LogP contribution >= 0.6 is 0 Å². The maximum absolute atomic E-state index is 11.7. The fourth-order valence-electron chi connectivity index (χ4n) is 1.35. The number of esters is 1. The van der Waals surface area contributed by atoms with Gasteiger partial charge >= 0.3 is 5.97 Å². The molecule has 2 nitrogen and oxygen atoms in total. The van der Waals surface area contributed by atoms with Crippen LogP contribution in [0.15, 0.2) is 0 Å². The second kappa shape index (κ2) is 11.5. The summed E-state index contributed by atoms with van der Waals surface area (Å²) in [5.41, 5.74) is 0. The van der Waals surface area contributed by atoms with Crippen LogP contribution in [0.3, 0.4) is 0 Å². The first-order valence-electron chi connectivity index (χ1n) is 6.02. The van der Waals surface area contributed by atoms with E-state index in [1.807, 2.05) is 0 Å². The Labute approximate surface area is 92.2 Å². The zero-order valence-electron chi connectivity index (χ0n) is 9.77. The Hall–Kier alpha value is -0.600. The van der Waals surface area contributed by atoms with E-state index in [1.54, 1.807) is 0 Å². The summed E-state index contributed by atoms with van der Waals surface area (Å²) >= 11 is 0. The number of halogens is 1. The maximum Gasteiger partial charge on any atom is 0.305 e. The van der Waals surface area contributed by atoms with E-state index in [9.17, 15) is 9.18 Å². The van der Waals surface area contributed by atoms with Gasteiger partial charge in [-0.05, 0) is 12.8 Å². The zero-order chi connectivity index (χ0) is 11.4. The number of carbonyl (C=O) groups excluding carboxylic acids is 1. The molecule has 15 heavy (non-hydrogen) atoms. The minimum Gasteiger partial charge on any atom is -0.466 e. The predicted molar refractivity (Wildman–Crippen MR) is 59.5 cm³/mol. The molecule has 0 heterocycles. The van der Waals surface area contributed by atoms with Crippen LogP contribution in [0.4, 0.5) is 4.39 Å². The predicted octanol–water partition coefficient (Wildman–Crippen LogP) is 3.64. The van der Waals surface area contributed by atoms with E-state index < -0.39 is 6.67 Å². The summed E-state index contributed by atoms with van der Waals surface area (Å²) in [4.78, 5) is 10.9. The molecule has 0 aliphatic rings. The first-order valence-corrected chi connectivity index (χ1v) is 6.02. The fraction of sp³-hybridized carbons (Fsp3) is 0.917. The molecule has 0 aliphatic carbocycles. The molecule has 3 heteroatoms. The van der Waals surface area contributed by atoms with Crippen molar-refractivity contribution in [2.45, 2.75) is 58.3 Å². The molecule has 0 amide bonds. The normalized spacial score (nSPS) is 10.3. The summed E-state index contributed by atoms with van der Waals surface area (Å²) < 4.78 is 16.7. The van der Waals surface area contributed by atoms with Gasteiger partial charge in [0.1, 0.15) is 0 Å². The third-order valence-electron chi connectivity index (χ3n) is 2.28. The Kier molecular flexibility index (Phi) is 11.0. The van der Waals surface area contributed by atoms with Crippen molar-refractivity contribution < 1.29 is 13.9 Å². The summed E-state index contributed by atoms with van der Waals surface area (Å²) in [6.07, 6.45) is 7.58. The molecule has 0 spiro atoms. The second-order valence-corrected chi connectivity index (χ2v) is 3.78. The quantitative estimate of drug-likeness (QED) is 0.413. The number of unbranched alkanes of at least 4 members (excludes halogenated alkanes) is 5. The molecule has 0 aromatic rings. The summed E-state index contributed by atoms with van der Waals surface area (Å²) in [6, 6.07) is 0. The SMILES string of the molecule is CCCCCCCCOC(=O)CCCF. The number of ether oxygens (including phenoxy) is 1. The van der Waals surface area contributed by atoms with E-state index in [4.69, 9.17) is 4.74 Å². The zero-order valence-corrected chi connectivity index (χ0v) is 9.77. The average Bonchev–Trinajstić information content (AvgIpc) is 2.25. The first kappa shape index (κ1) is 14.4. The molecule has 0 rings (SSSR count). The van der Waals surface area contributed by atoms with E-state index in [-0.39, 0.29) is 18.8 Å². The molecule has 0 N–H and O–H groups in total. The highest BCUT2D eigenvalue weighted by Gasteiger charge is 2.01. The van der Waals surface area contributed by atoms with E-state index in [0.717, 1.165) is 12.8 Å². The molecule has 0 radical (unpaired) electrons. The highest BCUT2D eigenvalue weighted by molar-refractivity contribution is 5.69. The van der Waals surface area contributed by atoms with Gasteiger partial charge in [0, 0.05) is 6.42 Å². The molecule has 0 atom stereocenters. The standard InChI is InChI=1S/C12H23FO2/c1-2-3-4-5-6-7-11-15-12(14)9-8-10-13/h2-11H2,1H3. The van der Waals surface area contributed by atoms with Crippen molar-refractivity contribution in [3.8, 4) is 0 Å². The van der Waals surface area contributed by atoms with E-state index in [0.29, 0.717) is 6.61 Å². The van der Waals surface area contributed by atoms with Crippen LogP contribution in [-0.2, 0) is 9.53 Å². The highest BCUT2D eigenvalue weighted by atomic mass is 19.1. The van der Waals surface area contributed by atoms with Crippen molar-refractivity contribution in [1.29, 1.82) is 0 Å². The molecule has 0 aromatic heterocycles. The van der Waals surface area contributed by atoms with Gasteiger partial charge in [0.2, 0.25) is 0 Å². The van der Waals surface area contributed by atoms with Gasteiger partial charge in [-0.15, -0.1) is 0 Å². The van der Waals surface area contributed by atoms with Crippen LogP contribution in [0, 0.1) is 0 Å². The first-order chi connectivity index (χ1) is 7.31. The molecule has 90 valence electrons. The number of hydrogen-bond donors (Lipinski definition) is 0. The van der Waals surface area contributed by atoms with Crippen molar-refractivity contribution in [3.63, 3.8) is 0 Å². The van der Waals surface area contributed by atoms with Crippen molar-refractivity contribution in [2.75, 3.05) is 13.3 Å². The molecule has 0 bridgehead atoms. The summed E-state index contributed by atoms with van der Waals surface area (Å²) in [7, 11) is 0. The average molecular weight is 218 g/mol. The van der Waals surface area contributed by atoms with E-state index in [1.165, 1.54) is 25.7 Å². The molecule has 0 fully saturated rings. The van der Waals surface area contributed by atoms with Crippen LogP contribution in [0.1, 0.15) is 58.3 Å². The summed E-state index contributed by atoms with van der Waals surface area (Å²) in [5.74, 6) is -0.263. The van der Waals surface area contributed by atoms with E-state index >= 15 is 0 Å². The van der Waals surface area contributed by atoms with Crippen LogP contribution in [0.2, 0.25) is 0 Å². The molecule has 0 saturated heterocycles. The smallest absolute Gasteiger partial charge is 0.305 e. The van der Waals surface area contributed by atoms with Crippen LogP contribution in [0.5, 0.6) is 0 Å². The van der Waals surface area contributed by atoms with Crippen molar-refractivity contribution in [1.82, 2.24) is 0 Å². The molecule has 0 aliphatic heterocycles. The van der Waals surface area contributed by atoms with Crippen molar-refractivity contribution in [3.05, 3.63) is 0 Å². The Morgan fingerprint density at radius 3 is 2.40 bits per heavy atom. The van der Waals surface area contributed by atoms with Gasteiger partial charge in [-0.25, -0.2) is 0 Å². The Bertz CT molecular complexity index is 149. The maximum atomic E-state index is 11.7. The van der Waals surface area contributed by atoms with Crippen LogP contribution in [-0.4, -0.2) is 19.3 Å². The lowest BCUT2D eigenvalue weighted by Gasteiger charge is -2.03. The number of hydrogen-bond acceptors (Lipinski definition) is 2. The molecular formula is C12H23FO2. The Morgan fingerprint density at radius 1 is 1.07 bits per heavy atom. The topological polar surface area (TPSA) is 26.3 Å². The van der Waals surface area contributed by atoms with Gasteiger partial charge in [0.05, 0.1) is 13.3 Å². The summed E-state index contributed by atoms with van der Waals surface area (Å²) in [6.45, 7) is 2.25. The van der Waals surface area contributed by atoms with Gasteiger partial charge < -0.3 is 4.74 Å². The lowest BCUT2D eigenvalue weighted by atomic mass is 10.1. The largest absolute Gasteiger partial charge is 0.466 e. The van der Waals surface area contributed by atoms with Gasteiger partial charge in [-0.3, -0.25) is 9.18 Å². The molecule has 0 aromatic carbocycles. The van der Waals surface area contributed by atoms with Crippen molar-refractivity contribution in [2.24, 2.45) is 0 Å². The van der Waals surface area contributed by atoms with Gasteiger partial charge in [-0.1, -0.05) is 39.0 Å². The highest BCUT2D eigenvalue weighted by Crippen LogP contribution is 2.05. The van der Waals surface area contributed by atoms with Crippen molar-refractivity contribution >= 4 is 5.97 Å². The van der Waals surface area contributed by atoms with Gasteiger partial charge in [0.15, 0.2) is 0 Å². The fourth-order valence-corrected chi connectivity index (χ4v) is 1.35. The molecule has 0 saturated carbocycles. The third kappa shape index (κ3) is 11.3. The summed E-state index contributed by atoms with van der Waals surface area (Å²) in [5, 5.41) is 0. The molecular weight excluding hydrogens is 195 g/mol. The van der Waals surface area contributed by atoms with Gasteiger partial charge in [0.25, 0.3) is 0 Å². The lowest BCUT2D eigenvalue weighted by molar-refractivity contribution is -0.143. The lowest BCUT2D eigenvalue weighted by Crippen LogP contribution is -2.05. The van der Waals surface area contributed by atoms with E-state index in [2.05, 4.69) is 6.92 Å². The second-order valence-electron chi connectivity index (χ2n) is 3.78. The number of carbonyl (C=O) groups is 1. The van der Waals surface area contributed by atoms with Crippen LogP contribution in [0.25, 0.3) is 0 Å². The Morgan fingerprint density at radius 2 is 1.73 bits per heavy atom. The third-order valence-corrected chi connectivity index (χ3v) is 2.28. The number of alkyl halides is 1.